The molecule has 7 nitrogen and oxygen atoms in total. The van der Waals surface area contributed by atoms with E-state index in [2.05, 4.69) is 5.32 Å². The first kappa shape index (κ1) is 26.2. The Hall–Kier alpha value is -3.01. The lowest BCUT2D eigenvalue weighted by atomic mass is 10.1. The molecular formula is C23H29F2N3O4S. The summed E-state index contributed by atoms with van der Waals surface area (Å²) < 4.78 is 52.7. The lowest BCUT2D eigenvalue weighted by molar-refractivity contribution is -0.140. The summed E-state index contributed by atoms with van der Waals surface area (Å²) in [6, 6.07) is 9.29. The first-order valence-corrected chi connectivity index (χ1v) is 12.3. The van der Waals surface area contributed by atoms with Crippen molar-refractivity contribution in [3.63, 3.8) is 0 Å². The van der Waals surface area contributed by atoms with Crippen LogP contribution in [0.5, 0.6) is 0 Å². The molecular weight excluding hydrogens is 452 g/mol. The van der Waals surface area contributed by atoms with Gasteiger partial charge in [-0.3, -0.25) is 13.9 Å². The summed E-state index contributed by atoms with van der Waals surface area (Å²) in [7, 11) is -3.94. The molecule has 180 valence electrons. The summed E-state index contributed by atoms with van der Waals surface area (Å²) in [5, 5.41) is 2.77. The molecule has 0 bridgehead atoms. The van der Waals surface area contributed by atoms with E-state index in [9.17, 15) is 26.8 Å². The van der Waals surface area contributed by atoms with Crippen LogP contribution >= 0.6 is 0 Å². The number of anilines is 1. The highest BCUT2D eigenvalue weighted by molar-refractivity contribution is 7.92. The summed E-state index contributed by atoms with van der Waals surface area (Å²) in [6.45, 7) is 4.63. The SMILES string of the molecule is CC[C@H](C(=O)NC(C)C)N(Cc1ccc(F)cc1)C(=O)CN(c1cccc(F)c1)S(C)(=O)=O. The van der Waals surface area contributed by atoms with E-state index in [0.29, 0.717) is 5.56 Å². The van der Waals surface area contributed by atoms with Crippen LogP contribution in [0, 0.1) is 11.6 Å². The monoisotopic (exact) mass is 481 g/mol. The summed E-state index contributed by atoms with van der Waals surface area (Å²) in [5.41, 5.74) is 0.560. The van der Waals surface area contributed by atoms with Gasteiger partial charge in [0, 0.05) is 12.6 Å². The van der Waals surface area contributed by atoms with Gasteiger partial charge in [0.05, 0.1) is 11.9 Å². The van der Waals surface area contributed by atoms with Gasteiger partial charge in [0.2, 0.25) is 21.8 Å². The zero-order valence-electron chi connectivity index (χ0n) is 19.1. The van der Waals surface area contributed by atoms with Crippen molar-refractivity contribution in [3.05, 3.63) is 65.7 Å². The van der Waals surface area contributed by atoms with Crippen LogP contribution in [0.2, 0.25) is 0 Å². The minimum Gasteiger partial charge on any atom is -0.352 e. The van der Waals surface area contributed by atoms with E-state index >= 15 is 0 Å². The Kier molecular flexibility index (Phi) is 8.92. The highest BCUT2D eigenvalue weighted by Gasteiger charge is 2.32. The summed E-state index contributed by atoms with van der Waals surface area (Å²) in [6.07, 6.45) is 1.18. The van der Waals surface area contributed by atoms with Gasteiger partial charge in [0.25, 0.3) is 0 Å². The molecule has 10 heteroatoms. The van der Waals surface area contributed by atoms with Crippen LogP contribution in [0.3, 0.4) is 0 Å². The van der Waals surface area contributed by atoms with Gasteiger partial charge in [-0.2, -0.15) is 0 Å². The standard InChI is InChI=1S/C23H29F2N3O4S/c1-5-21(23(30)26-16(2)3)27(14-17-9-11-18(24)12-10-17)22(29)15-28(33(4,31)32)20-8-6-7-19(25)13-20/h6-13,16,21H,5,14-15H2,1-4H3,(H,26,30)/t21-/m1/s1. The molecule has 0 aliphatic heterocycles. The van der Waals surface area contributed by atoms with E-state index in [0.717, 1.165) is 22.7 Å². The third kappa shape index (κ3) is 7.52. The number of hydrogen-bond acceptors (Lipinski definition) is 4. The Morgan fingerprint density at radius 1 is 1.03 bits per heavy atom. The van der Waals surface area contributed by atoms with Crippen molar-refractivity contribution in [2.45, 2.75) is 45.8 Å². The maximum absolute atomic E-state index is 13.7. The number of carbonyl (C=O) groups excluding carboxylic acids is 2. The first-order valence-electron chi connectivity index (χ1n) is 10.5. The maximum atomic E-state index is 13.7. The Morgan fingerprint density at radius 2 is 1.67 bits per heavy atom. The fraction of sp³-hybridized carbons (Fsp3) is 0.391. The third-order valence-electron chi connectivity index (χ3n) is 4.86. The average Bonchev–Trinajstić information content (AvgIpc) is 2.71. The van der Waals surface area contributed by atoms with Crippen LogP contribution in [0.15, 0.2) is 48.5 Å². The molecule has 2 rings (SSSR count). The quantitative estimate of drug-likeness (QED) is 0.565. The fourth-order valence-corrected chi connectivity index (χ4v) is 4.17. The van der Waals surface area contributed by atoms with Gasteiger partial charge >= 0.3 is 0 Å². The van der Waals surface area contributed by atoms with E-state index in [1.807, 2.05) is 0 Å². The smallest absolute Gasteiger partial charge is 0.244 e. The molecule has 0 aliphatic rings. The van der Waals surface area contributed by atoms with Gasteiger partial charge in [-0.15, -0.1) is 0 Å². The predicted octanol–water partition coefficient (Wildman–Crippen LogP) is 3.06. The number of sulfonamides is 1. The second-order valence-corrected chi connectivity index (χ2v) is 9.89. The van der Waals surface area contributed by atoms with Crippen LogP contribution in [0.1, 0.15) is 32.8 Å². The van der Waals surface area contributed by atoms with Crippen LogP contribution in [-0.4, -0.2) is 50.0 Å². The van der Waals surface area contributed by atoms with E-state index in [1.165, 1.54) is 41.3 Å². The van der Waals surface area contributed by atoms with E-state index in [-0.39, 0.29) is 30.6 Å². The maximum Gasteiger partial charge on any atom is 0.244 e. The van der Waals surface area contributed by atoms with Crippen molar-refractivity contribution in [3.8, 4) is 0 Å². The molecule has 2 aromatic rings. The number of nitrogens with one attached hydrogen (secondary N) is 1. The highest BCUT2D eigenvalue weighted by Crippen LogP contribution is 2.20. The highest BCUT2D eigenvalue weighted by atomic mass is 32.2. The molecule has 0 saturated carbocycles. The normalized spacial score (nSPS) is 12.3. The minimum absolute atomic E-state index is 0.00716. The number of rotatable bonds is 10. The molecule has 2 amide bonds. The van der Waals surface area contributed by atoms with Crippen molar-refractivity contribution in [1.29, 1.82) is 0 Å². The zero-order valence-corrected chi connectivity index (χ0v) is 19.9. The van der Waals surface area contributed by atoms with E-state index in [1.54, 1.807) is 20.8 Å². The van der Waals surface area contributed by atoms with Crippen LogP contribution in [0.4, 0.5) is 14.5 Å². The molecule has 1 N–H and O–H groups in total. The van der Waals surface area contributed by atoms with E-state index in [4.69, 9.17) is 0 Å². The third-order valence-corrected chi connectivity index (χ3v) is 6.00. The molecule has 0 heterocycles. The zero-order chi connectivity index (χ0) is 24.8. The molecule has 0 radical (unpaired) electrons. The van der Waals surface area contributed by atoms with Gasteiger partial charge in [-0.25, -0.2) is 17.2 Å². The fourth-order valence-electron chi connectivity index (χ4n) is 3.33. The summed E-state index contributed by atoms with van der Waals surface area (Å²) in [4.78, 5) is 27.5. The van der Waals surface area contributed by atoms with Crippen molar-refractivity contribution >= 4 is 27.5 Å². The number of halogens is 2. The molecule has 0 fully saturated rings. The number of amides is 2. The molecule has 1 atom stereocenters. The van der Waals surface area contributed by atoms with Crippen molar-refractivity contribution in [2.75, 3.05) is 17.1 Å². The van der Waals surface area contributed by atoms with Gasteiger partial charge in [-0.05, 0) is 56.2 Å². The van der Waals surface area contributed by atoms with Crippen LogP contribution in [0.25, 0.3) is 0 Å². The van der Waals surface area contributed by atoms with Crippen LogP contribution < -0.4 is 9.62 Å². The molecule has 0 aromatic heterocycles. The Morgan fingerprint density at radius 3 is 2.18 bits per heavy atom. The van der Waals surface area contributed by atoms with Gasteiger partial charge in [-0.1, -0.05) is 25.1 Å². The first-order chi connectivity index (χ1) is 15.4. The summed E-state index contributed by atoms with van der Waals surface area (Å²) >= 11 is 0. The molecule has 0 aliphatic carbocycles. The van der Waals surface area contributed by atoms with Gasteiger partial charge < -0.3 is 10.2 Å². The summed E-state index contributed by atoms with van der Waals surface area (Å²) in [5.74, 6) is -2.14. The van der Waals surface area contributed by atoms with Crippen molar-refractivity contribution < 1.29 is 26.8 Å². The topological polar surface area (TPSA) is 86.8 Å². The second-order valence-electron chi connectivity index (χ2n) is 7.98. The molecule has 2 aromatic carbocycles. The molecule has 0 saturated heterocycles. The van der Waals surface area contributed by atoms with Crippen LogP contribution in [-0.2, 0) is 26.2 Å². The molecule has 0 spiro atoms. The average molecular weight is 482 g/mol. The van der Waals surface area contributed by atoms with Gasteiger partial charge in [0.15, 0.2) is 0 Å². The number of carbonyl (C=O) groups is 2. The van der Waals surface area contributed by atoms with Crippen molar-refractivity contribution in [1.82, 2.24) is 10.2 Å². The predicted molar refractivity (Wildman–Crippen MR) is 123 cm³/mol. The second kappa shape index (κ2) is 11.2. The Balaban J connectivity index is 2.43. The Bertz CT molecular complexity index is 1080. The largest absolute Gasteiger partial charge is 0.352 e. The lowest BCUT2D eigenvalue weighted by Crippen LogP contribution is -2.53. The minimum atomic E-state index is -3.94. The lowest BCUT2D eigenvalue weighted by Gasteiger charge is -2.33. The Labute approximate surface area is 193 Å². The number of nitrogens with zero attached hydrogens (tertiary/aromatic N) is 2. The molecule has 33 heavy (non-hydrogen) atoms. The van der Waals surface area contributed by atoms with Crippen molar-refractivity contribution in [2.24, 2.45) is 0 Å². The van der Waals surface area contributed by atoms with Gasteiger partial charge in [0.1, 0.15) is 24.2 Å². The number of hydrogen-bond donors (Lipinski definition) is 1. The number of benzene rings is 2. The molecule has 0 unspecified atom stereocenters. The van der Waals surface area contributed by atoms with E-state index < -0.39 is 40.2 Å².